The van der Waals surface area contributed by atoms with E-state index in [2.05, 4.69) is 40.2 Å². The van der Waals surface area contributed by atoms with Crippen LogP contribution in [0.25, 0.3) is 10.1 Å². The topological polar surface area (TPSA) is 23.8 Å². The van der Waals surface area contributed by atoms with E-state index in [1.807, 2.05) is 6.92 Å². The fourth-order valence-electron chi connectivity index (χ4n) is 1.46. The van der Waals surface area contributed by atoms with Gasteiger partial charge in [-0.2, -0.15) is 5.26 Å². The summed E-state index contributed by atoms with van der Waals surface area (Å²) in [5, 5.41) is 11.0. The van der Waals surface area contributed by atoms with Crippen LogP contribution in [0.4, 0.5) is 0 Å². The van der Waals surface area contributed by atoms with Crippen molar-refractivity contribution in [3.8, 4) is 6.07 Å². The Morgan fingerprint density at radius 3 is 2.93 bits per heavy atom. The second-order valence-electron chi connectivity index (χ2n) is 3.13. The Morgan fingerprint density at radius 1 is 1.50 bits per heavy atom. The highest BCUT2D eigenvalue weighted by molar-refractivity contribution is 9.08. The van der Waals surface area contributed by atoms with Crippen molar-refractivity contribution in [2.45, 2.75) is 12.3 Å². The van der Waals surface area contributed by atoms with Crippen LogP contribution in [0.3, 0.4) is 0 Å². The van der Waals surface area contributed by atoms with E-state index in [-0.39, 0.29) is 0 Å². The SMILES string of the molecule is Cc1c(C#N)sc2ccc(CBr)cc12. The highest BCUT2D eigenvalue weighted by Crippen LogP contribution is 2.31. The van der Waals surface area contributed by atoms with Crippen molar-refractivity contribution in [3.63, 3.8) is 0 Å². The molecule has 0 amide bonds. The second-order valence-corrected chi connectivity index (χ2v) is 4.75. The minimum atomic E-state index is 0.826. The summed E-state index contributed by atoms with van der Waals surface area (Å²) < 4.78 is 1.20. The zero-order valence-electron chi connectivity index (χ0n) is 7.67. The van der Waals surface area contributed by atoms with Gasteiger partial charge >= 0.3 is 0 Å². The third-order valence-electron chi connectivity index (χ3n) is 2.26. The van der Waals surface area contributed by atoms with E-state index < -0.39 is 0 Å². The summed E-state index contributed by atoms with van der Waals surface area (Å²) in [4.78, 5) is 0.826. The highest BCUT2D eigenvalue weighted by Gasteiger charge is 2.07. The lowest BCUT2D eigenvalue weighted by Gasteiger charge is -1.95. The molecule has 70 valence electrons. The molecular weight excluding hydrogens is 258 g/mol. The van der Waals surface area contributed by atoms with Crippen LogP contribution in [0.1, 0.15) is 16.0 Å². The number of hydrogen-bond acceptors (Lipinski definition) is 2. The normalized spacial score (nSPS) is 10.4. The Morgan fingerprint density at radius 2 is 2.29 bits per heavy atom. The lowest BCUT2D eigenvalue weighted by molar-refractivity contribution is 1.45. The highest BCUT2D eigenvalue weighted by atomic mass is 79.9. The molecule has 1 aromatic heterocycles. The van der Waals surface area contributed by atoms with Crippen LogP contribution in [-0.2, 0) is 5.33 Å². The predicted molar refractivity (Wildman–Crippen MR) is 63.9 cm³/mol. The smallest absolute Gasteiger partial charge is 0.110 e. The summed E-state index contributed by atoms with van der Waals surface area (Å²) in [6.45, 7) is 2.01. The van der Waals surface area contributed by atoms with E-state index in [1.165, 1.54) is 15.6 Å². The molecule has 0 spiro atoms. The molecule has 0 radical (unpaired) electrons. The van der Waals surface area contributed by atoms with Gasteiger partial charge in [0.2, 0.25) is 0 Å². The first-order valence-corrected chi connectivity index (χ1v) is 6.18. The standard InChI is InChI=1S/C11H8BrNS/c1-7-9-4-8(5-12)2-3-10(9)14-11(7)6-13/h2-4H,5H2,1H3. The average molecular weight is 266 g/mol. The third-order valence-corrected chi connectivity index (χ3v) is 4.08. The first-order valence-electron chi connectivity index (χ1n) is 4.24. The number of nitriles is 1. The van der Waals surface area contributed by atoms with Crippen molar-refractivity contribution < 1.29 is 0 Å². The van der Waals surface area contributed by atoms with Crippen LogP contribution < -0.4 is 0 Å². The Hall–Kier alpha value is -0.850. The predicted octanol–water partition coefficient (Wildman–Crippen LogP) is 3.98. The quantitative estimate of drug-likeness (QED) is 0.716. The maximum absolute atomic E-state index is 8.90. The molecule has 0 fully saturated rings. The van der Waals surface area contributed by atoms with Crippen LogP contribution in [0, 0.1) is 18.3 Å². The Bertz CT molecular complexity index is 522. The summed E-state index contributed by atoms with van der Waals surface area (Å²) in [7, 11) is 0. The van der Waals surface area contributed by atoms with Gasteiger partial charge in [0.25, 0.3) is 0 Å². The van der Waals surface area contributed by atoms with Crippen molar-refractivity contribution in [2.24, 2.45) is 0 Å². The fraction of sp³-hybridized carbons (Fsp3) is 0.182. The first kappa shape index (κ1) is 9.70. The van der Waals surface area contributed by atoms with Gasteiger partial charge in [0.1, 0.15) is 10.9 Å². The van der Waals surface area contributed by atoms with Crippen molar-refractivity contribution in [1.82, 2.24) is 0 Å². The van der Waals surface area contributed by atoms with Crippen LogP contribution in [-0.4, -0.2) is 0 Å². The van der Waals surface area contributed by atoms with Gasteiger partial charge in [-0.15, -0.1) is 11.3 Å². The van der Waals surface area contributed by atoms with Gasteiger partial charge in [0.15, 0.2) is 0 Å². The van der Waals surface area contributed by atoms with Gasteiger partial charge in [-0.25, -0.2) is 0 Å². The molecule has 1 aromatic carbocycles. The minimum Gasteiger partial charge on any atom is -0.192 e. The van der Waals surface area contributed by atoms with E-state index in [0.717, 1.165) is 15.8 Å². The number of halogens is 1. The number of benzene rings is 1. The van der Waals surface area contributed by atoms with Crippen LogP contribution >= 0.6 is 27.3 Å². The molecule has 1 nitrogen and oxygen atoms in total. The average Bonchev–Trinajstić information content (AvgIpc) is 2.55. The summed E-state index contributed by atoms with van der Waals surface area (Å²) in [5.41, 5.74) is 2.36. The Balaban J connectivity index is 2.76. The molecule has 0 aliphatic heterocycles. The van der Waals surface area contributed by atoms with Crippen molar-refractivity contribution >= 4 is 37.4 Å². The molecule has 0 bridgehead atoms. The van der Waals surface area contributed by atoms with Crippen LogP contribution in [0.15, 0.2) is 18.2 Å². The molecule has 0 saturated heterocycles. The van der Waals surface area contributed by atoms with E-state index in [4.69, 9.17) is 5.26 Å². The number of hydrogen-bond donors (Lipinski definition) is 0. The minimum absolute atomic E-state index is 0.826. The van der Waals surface area contributed by atoms with Gasteiger partial charge < -0.3 is 0 Å². The number of rotatable bonds is 1. The molecule has 0 unspecified atom stereocenters. The van der Waals surface area contributed by atoms with Gasteiger partial charge in [-0.05, 0) is 35.6 Å². The first-order chi connectivity index (χ1) is 6.76. The van der Waals surface area contributed by atoms with Crippen molar-refractivity contribution in [1.29, 1.82) is 5.26 Å². The van der Waals surface area contributed by atoms with Gasteiger partial charge in [-0.1, -0.05) is 22.0 Å². The zero-order valence-corrected chi connectivity index (χ0v) is 10.1. The summed E-state index contributed by atoms with van der Waals surface area (Å²) in [6, 6.07) is 8.56. The summed E-state index contributed by atoms with van der Waals surface area (Å²) in [6.07, 6.45) is 0. The molecule has 0 saturated carbocycles. The maximum atomic E-state index is 8.90. The maximum Gasteiger partial charge on any atom is 0.110 e. The van der Waals surface area contributed by atoms with Gasteiger partial charge in [0, 0.05) is 10.0 Å². The number of thiophene rings is 1. The van der Waals surface area contributed by atoms with Crippen LogP contribution in [0.5, 0.6) is 0 Å². The lowest BCUT2D eigenvalue weighted by Crippen LogP contribution is -1.77. The monoisotopic (exact) mass is 265 g/mol. The Labute approximate surface area is 95.1 Å². The number of alkyl halides is 1. The molecule has 2 aromatic rings. The number of nitrogens with zero attached hydrogens (tertiary/aromatic N) is 1. The molecule has 14 heavy (non-hydrogen) atoms. The summed E-state index contributed by atoms with van der Waals surface area (Å²) in [5.74, 6) is 0. The molecule has 0 atom stereocenters. The molecule has 0 N–H and O–H groups in total. The van der Waals surface area contributed by atoms with E-state index in [1.54, 1.807) is 11.3 Å². The van der Waals surface area contributed by atoms with E-state index >= 15 is 0 Å². The number of fused-ring (bicyclic) bond motifs is 1. The molecule has 0 aliphatic rings. The van der Waals surface area contributed by atoms with Gasteiger partial charge in [-0.3, -0.25) is 0 Å². The molecule has 1 heterocycles. The van der Waals surface area contributed by atoms with Crippen molar-refractivity contribution in [3.05, 3.63) is 34.2 Å². The largest absolute Gasteiger partial charge is 0.192 e. The second kappa shape index (κ2) is 3.72. The van der Waals surface area contributed by atoms with Crippen molar-refractivity contribution in [2.75, 3.05) is 0 Å². The fourth-order valence-corrected chi connectivity index (χ4v) is 2.79. The molecule has 0 aliphatic carbocycles. The third kappa shape index (κ3) is 1.45. The molecular formula is C11H8BrNS. The Kier molecular flexibility index (Phi) is 2.58. The summed E-state index contributed by atoms with van der Waals surface area (Å²) >= 11 is 5.00. The van der Waals surface area contributed by atoms with E-state index in [9.17, 15) is 0 Å². The molecule has 3 heteroatoms. The van der Waals surface area contributed by atoms with Gasteiger partial charge in [0.05, 0.1) is 0 Å². The lowest BCUT2D eigenvalue weighted by atomic mass is 10.1. The zero-order chi connectivity index (χ0) is 10.1. The van der Waals surface area contributed by atoms with Crippen LogP contribution in [0.2, 0.25) is 0 Å². The number of aryl methyl sites for hydroxylation is 1. The van der Waals surface area contributed by atoms with E-state index in [0.29, 0.717) is 0 Å². The molecule has 2 rings (SSSR count).